The molecule has 23 heavy (non-hydrogen) atoms. The molecule has 0 unspecified atom stereocenters. The second kappa shape index (κ2) is 5.50. The third-order valence-corrected chi connectivity index (χ3v) is 5.25. The molecule has 1 aliphatic heterocycles. The molecule has 1 aromatic carbocycles. The first-order valence-electron chi connectivity index (χ1n) is 7.50. The minimum absolute atomic E-state index is 0.0508. The molecule has 1 aromatic heterocycles. The third kappa shape index (κ3) is 2.55. The molecule has 2 aromatic rings. The van der Waals surface area contributed by atoms with Crippen molar-refractivity contribution in [1.29, 1.82) is 0 Å². The Morgan fingerprint density at radius 3 is 2.91 bits per heavy atom. The van der Waals surface area contributed by atoms with Gasteiger partial charge in [0, 0.05) is 30.1 Å². The van der Waals surface area contributed by atoms with Gasteiger partial charge in [0.2, 0.25) is 6.79 Å². The number of hydrogen-bond donors (Lipinski definition) is 1. The molecule has 7 heteroatoms. The summed E-state index contributed by atoms with van der Waals surface area (Å²) in [7, 11) is 1.82. The molecule has 0 radical (unpaired) electrons. The summed E-state index contributed by atoms with van der Waals surface area (Å²) in [4.78, 5) is 18.7. The van der Waals surface area contributed by atoms with E-state index in [0.717, 1.165) is 29.2 Å². The van der Waals surface area contributed by atoms with Gasteiger partial charge >= 0.3 is 0 Å². The number of fused-ring (bicyclic) bond motifs is 1. The normalized spacial score (nSPS) is 21.8. The van der Waals surface area contributed by atoms with Crippen molar-refractivity contribution in [2.24, 2.45) is 5.73 Å². The molecule has 0 bridgehead atoms. The van der Waals surface area contributed by atoms with E-state index in [9.17, 15) is 4.79 Å². The van der Waals surface area contributed by atoms with Crippen molar-refractivity contribution in [3.8, 4) is 22.1 Å². The number of benzene rings is 1. The van der Waals surface area contributed by atoms with Crippen LogP contribution in [0.2, 0.25) is 0 Å². The van der Waals surface area contributed by atoms with Gasteiger partial charge < -0.3 is 20.1 Å². The largest absolute Gasteiger partial charge is 0.454 e. The second-order valence-electron chi connectivity index (χ2n) is 5.91. The van der Waals surface area contributed by atoms with Gasteiger partial charge in [-0.05, 0) is 31.0 Å². The van der Waals surface area contributed by atoms with Crippen LogP contribution in [-0.2, 0) is 0 Å². The van der Waals surface area contributed by atoms with Crippen LogP contribution >= 0.6 is 11.3 Å². The number of carbonyl (C=O) groups is 1. The topological polar surface area (TPSA) is 77.7 Å². The Hall–Kier alpha value is -2.12. The van der Waals surface area contributed by atoms with E-state index in [1.54, 1.807) is 10.3 Å². The van der Waals surface area contributed by atoms with Crippen molar-refractivity contribution in [2.45, 2.75) is 24.9 Å². The summed E-state index contributed by atoms with van der Waals surface area (Å²) in [5.41, 5.74) is 7.20. The molecule has 1 aliphatic carbocycles. The summed E-state index contributed by atoms with van der Waals surface area (Å²) >= 11 is 1.45. The fraction of sp³-hybridized carbons (Fsp3) is 0.375. The number of ether oxygens (including phenoxy) is 2. The maximum Gasteiger partial charge on any atom is 0.273 e. The van der Waals surface area contributed by atoms with Crippen molar-refractivity contribution in [1.82, 2.24) is 9.88 Å². The predicted octanol–water partition coefficient (Wildman–Crippen LogP) is 2.10. The Bertz CT molecular complexity index is 755. The van der Waals surface area contributed by atoms with Gasteiger partial charge in [-0.1, -0.05) is 0 Å². The monoisotopic (exact) mass is 331 g/mol. The van der Waals surface area contributed by atoms with Crippen molar-refractivity contribution < 1.29 is 14.3 Å². The Labute approximate surface area is 137 Å². The van der Waals surface area contributed by atoms with Gasteiger partial charge in [0.15, 0.2) is 11.5 Å². The Kier molecular flexibility index (Phi) is 3.46. The van der Waals surface area contributed by atoms with Crippen molar-refractivity contribution in [2.75, 3.05) is 13.8 Å². The van der Waals surface area contributed by atoms with Gasteiger partial charge in [-0.25, -0.2) is 4.98 Å². The van der Waals surface area contributed by atoms with Crippen LogP contribution in [0.4, 0.5) is 0 Å². The molecule has 2 heterocycles. The molecule has 2 aliphatic rings. The molecule has 2 N–H and O–H groups in total. The van der Waals surface area contributed by atoms with E-state index in [-0.39, 0.29) is 24.8 Å². The van der Waals surface area contributed by atoms with E-state index in [0.29, 0.717) is 11.4 Å². The van der Waals surface area contributed by atoms with Crippen LogP contribution in [-0.4, -0.2) is 41.7 Å². The van der Waals surface area contributed by atoms with Crippen LogP contribution in [0.3, 0.4) is 0 Å². The summed E-state index contributed by atoms with van der Waals surface area (Å²) in [5, 5.41) is 2.60. The average Bonchev–Trinajstić information content (AvgIpc) is 3.18. The minimum atomic E-state index is -0.0508. The standard InChI is InChI=1S/C16H17N3O3S/c1-19(11-5-10(17)6-11)16(20)12-7-23-15(18-12)9-2-3-13-14(4-9)22-8-21-13/h2-4,7,10-11H,5-6,8,17H2,1H3. The van der Waals surface area contributed by atoms with Crippen LogP contribution in [0.25, 0.3) is 10.6 Å². The van der Waals surface area contributed by atoms with Gasteiger partial charge in [-0.2, -0.15) is 0 Å². The van der Waals surface area contributed by atoms with Gasteiger partial charge in [-0.15, -0.1) is 11.3 Å². The zero-order valence-corrected chi connectivity index (χ0v) is 13.5. The molecule has 0 saturated heterocycles. The van der Waals surface area contributed by atoms with E-state index in [1.165, 1.54) is 11.3 Å². The highest BCUT2D eigenvalue weighted by Gasteiger charge is 2.32. The van der Waals surface area contributed by atoms with Crippen LogP contribution < -0.4 is 15.2 Å². The molecule has 120 valence electrons. The van der Waals surface area contributed by atoms with Gasteiger partial charge in [0.05, 0.1) is 0 Å². The van der Waals surface area contributed by atoms with Crippen LogP contribution in [0.5, 0.6) is 11.5 Å². The molecular weight excluding hydrogens is 314 g/mol. The lowest BCUT2D eigenvalue weighted by Crippen LogP contribution is -2.51. The zero-order valence-electron chi connectivity index (χ0n) is 12.7. The molecular formula is C16H17N3O3S. The fourth-order valence-corrected chi connectivity index (χ4v) is 3.62. The number of amides is 1. The van der Waals surface area contributed by atoms with Gasteiger partial charge in [0.25, 0.3) is 5.91 Å². The Morgan fingerprint density at radius 1 is 1.35 bits per heavy atom. The van der Waals surface area contributed by atoms with Crippen molar-refractivity contribution in [3.63, 3.8) is 0 Å². The highest BCUT2D eigenvalue weighted by Crippen LogP contribution is 2.36. The lowest BCUT2D eigenvalue weighted by molar-refractivity contribution is 0.0620. The predicted molar refractivity (Wildman–Crippen MR) is 86.8 cm³/mol. The zero-order chi connectivity index (χ0) is 16.0. The van der Waals surface area contributed by atoms with Crippen LogP contribution in [0, 0.1) is 0 Å². The number of rotatable bonds is 3. The van der Waals surface area contributed by atoms with Crippen LogP contribution in [0.1, 0.15) is 23.3 Å². The van der Waals surface area contributed by atoms with E-state index < -0.39 is 0 Å². The number of aromatic nitrogens is 1. The molecule has 1 amide bonds. The molecule has 4 rings (SSSR count). The number of nitrogens with zero attached hydrogens (tertiary/aromatic N) is 2. The molecule has 1 saturated carbocycles. The fourth-order valence-electron chi connectivity index (χ4n) is 2.83. The summed E-state index contributed by atoms with van der Waals surface area (Å²) < 4.78 is 10.7. The highest BCUT2D eigenvalue weighted by atomic mass is 32.1. The first kappa shape index (κ1) is 14.5. The van der Waals surface area contributed by atoms with Crippen LogP contribution in [0.15, 0.2) is 23.6 Å². The lowest BCUT2D eigenvalue weighted by atomic mass is 9.86. The highest BCUT2D eigenvalue weighted by molar-refractivity contribution is 7.13. The maximum atomic E-state index is 12.5. The van der Waals surface area contributed by atoms with Crippen molar-refractivity contribution in [3.05, 3.63) is 29.3 Å². The third-order valence-electron chi connectivity index (χ3n) is 4.36. The SMILES string of the molecule is CN(C(=O)c1csc(-c2ccc3c(c2)OCO3)n1)C1CC(N)C1. The molecule has 6 nitrogen and oxygen atoms in total. The molecule has 0 atom stereocenters. The molecule has 0 spiro atoms. The Balaban J connectivity index is 1.53. The van der Waals surface area contributed by atoms with E-state index >= 15 is 0 Å². The van der Waals surface area contributed by atoms with Gasteiger partial charge in [-0.3, -0.25) is 4.79 Å². The quantitative estimate of drug-likeness (QED) is 0.932. The summed E-state index contributed by atoms with van der Waals surface area (Å²) in [6.07, 6.45) is 1.72. The number of nitrogens with two attached hydrogens (primary N) is 1. The van der Waals surface area contributed by atoms with E-state index in [1.807, 2.05) is 25.2 Å². The van der Waals surface area contributed by atoms with E-state index in [2.05, 4.69) is 4.98 Å². The summed E-state index contributed by atoms with van der Waals surface area (Å²) in [6, 6.07) is 6.13. The van der Waals surface area contributed by atoms with Gasteiger partial charge in [0.1, 0.15) is 10.7 Å². The first-order chi connectivity index (χ1) is 11.1. The number of carbonyl (C=O) groups excluding carboxylic acids is 1. The summed E-state index contributed by atoms with van der Waals surface area (Å²) in [6.45, 7) is 0.245. The Morgan fingerprint density at radius 2 is 2.13 bits per heavy atom. The smallest absolute Gasteiger partial charge is 0.273 e. The number of hydrogen-bond acceptors (Lipinski definition) is 6. The van der Waals surface area contributed by atoms with E-state index in [4.69, 9.17) is 15.2 Å². The number of thiazole rings is 1. The average molecular weight is 331 g/mol. The second-order valence-corrected chi connectivity index (χ2v) is 6.77. The van der Waals surface area contributed by atoms with Crippen molar-refractivity contribution >= 4 is 17.2 Å². The summed E-state index contributed by atoms with van der Waals surface area (Å²) in [5.74, 6) is 1.40. The minimum Gasteiger partial charge on any atom is -0.454 e. The first-order valence-corrected chi connectivity index (χ1v) is 8.38. The molecule has 1 fully saturated rings. The maximum absolute atomic E-state index is 12.5. The lowest BCUT2D eigenvalue weighted by Gasteiger charge is -2.38.